The minimum atomic E-state index is -5.38. The van der Waals surface area contributed by atoms with Crippen molar-refractivity contribution >= 4 is 44.3 Å². The maximum Gasteiger partial charge on any atom is 0.471 e. The first-order valence-electron chi connectivity index (χ1n) is 19.5. The second-order valence-corrected chi connectivity index (χ2v) is 15.2. The van der Waals surface area contributed by atoms with E-state index >= 15 is 0 Å². The summed E-state index contributed by atoms with van der Waals surface area (Å²) in [5.74, 6) is -11.0. The summed E-state index contributed by atoms with van der Waals surface area (Å²) in [5, 5.41) is 13.8. The number of amides is 2. The molecule has 348 valence electrons. The number of hydrogen-bond acceptors (Lipinski definition) is 16. The molecule has 0 saturated carbocycles. The molecule has 0 radical (unpaired) electrons. The number of halogens is 3. The van der Waals surface area contributed by atoms with E-state index in [1.165, 1.54) is 12.2 Å². The molecule has 64 heavy (non-hydrogen) atoms. The van der Waals surface area contributed by atoms with Crippen LogP contribution in [0.4, 0.5) is 13.2 Å². The number of aliphatic hydroxyl groups is 1. The van der Waals surface area contributed by atoms with Crippen molar-refractivity contribution in [2.45, 2.75) is 103 Å². The lowest BCUT2D eigenvalue weighted by atomic mass is 9.88. The van der Waals surface area contributed by atoms with Crippen molar-refractivity contribution in [2.24, 2.45) is 0 Å². The van der Waals surface area contributed by atoms with Gasteiger partial charge in [-0.15, -0.1) is 0 Å². The van der Waals surface area contributed by atoms with Gasteiger partial charge in [-0.3, -0.25) is 28.5 Å². The Hall–Kier alpha value is -5.54. The van der Waals surface area contributed by atoms with Crippen LogP contribution < -0.4 is 10.6 Å². The first-order valence-corrected chi connectivity index (χ1v) is 20.6. The number of rotatable bonds is 22. The third-order valence-electron chi connectivity index (χ3n) is 8.78. The van der Waals surface area contributed by atoms with E-state index in [0.717, 1.165) is 20.8 Å². The van der Waals surface area contributed by atoms with Crippen LogP contribution in [0.3, 0.4) is 0 Å². The molecule has 1 aliphatic rings. The van der Waals surface area contributed by atoms with E-state index in [1.54, 1.807) is 91.0 Å². The van der Waals surface area contributed by atoms with Gasteiger partial charge in [0.15, 0.2) is 18.5 Å². The van der Waals surface area contributed by atoms with Crippen LogP contribution in [-0.4, -0.2) is 103 Å². The monoisotopic (exact) mass is 924 g/mol. The smallest absolute Gasteiger partial charge is 0.460 e. The quantitative estimate of drug-likeness (QED) is 0.0555. The molecule has 3 unspecified atom stereocenters. The normalized spacial score (nSPS) is 19.9. The van der Waals surface area contributed by atoms with Crippen molar-refractivity contribution in [1.29, 1.82) is 0 Å². The lowest BCUT2D eigenvalue weighted by molar-refractivity contribution is -0.294. The summed E-state index contributed by atoms with van der Waals surface area (Å²) in [6, 6.07) is 24.0. The molecule has 3 aromatic rings. The van der Waals surface area contributed by atoms with Crippen molar-refractivity contribution in [3.8, 4) is 0 Å². The van der Waals surface area contributed by atoms with Gasteiger partial charge in [0.2, 0.25) is 5.91 Å². The second kappa shape index (κ2) is 24.5. The van der Waals surface area contributed by atoms with Gasteiger partial charge in [0, 0.05) is 20.8 Å². The first-order chi connectivity index (χ1) is 30.3. The van der Waals surface area contributed by atoms with Gasteiger partial charge in [-0.25, -0.2) is 4.79 Å². The molecule has 4 rings (SSSR count). The van der Waals surface area contributed by atoms with E-state index < -0.39 is 119 Å². The van der Waals surface area contributed by atoms with E-state index in [2.05, 4.69) is 5.32 Å². The minimum absolute atomic E-state index is 0.156. The largest absolute Gasteiger partial charge is 0.471 e. The molecule has 18 nitrogen and oxygen atoms in total. The Morgan fingerprint density at radius 1 is 0.797 bits per heavy atom. The molecule has 0 aromatic heterocycles. The van der Waals surface area contributed by atoms with Crippen LogP contribution in [0.25, 0.3) is 0 Å². The van der Waals surface area contributed by atoms with Gasteiger partial charge < -0.3 is 53.2 Å². The fourth-order valence-corrected chi connectivity index (χ4v) is 7.20. The topological polar surface area (TPSA) is 230 Å². The Labute approximate surface area is 366 Å². The second-order valence-electron chi connectivity index (χ2n) is 14.0. The Morgan fingerprint density at radius 3 is 1.78 bits per heavy atom. The highest BCUT2D eigenvalue weighted by atomic mass is 31.2. The van der Waals surface area contributed by atoms with E-state index in [-0.39, 0.29) is 13.2 Å². The summed E-state index contributed by atoms with van der Waals surface area (Å²) in [4.78, 5) is 78.1. The van der Waals surface area contributed by atoms with Gasteiger partial charge in [0.05, 0.1) is 38.8 Å². The van der Waals surface area contributed by atoms with Crippen LogP contribution in [0, 0.1) is 0 Å². The molecule has 0 aliphatic carbocycles. The van der Waals surface area contributed by atoms with E-state index in [9.17, 15) is 47.0 Å². The molecule has 7 atom stereocenters. The van der Waals surface area contributed by atoms with Crippen molar-refractivity contribution in [2.75, 3.05) is 13.2 Å². The maximum atomic E-state index is 14.8. The van der Waals surface area contributed by atoms with Gasteiger partial charge in [-0.1, -0.05) is 91.0 Å². The summed E-state index contributed by atoms with van der Waals surface area (Å²) < 4.78 is 92.3. The third-order valence-corrected chi connectivity index (χ3v) is 9.90. The molecule has 1 heterocycles. The van der Waals surface area contributed by atoms with Crippen LogP contribution >= 0.6 is 8.60 Å². The molecular formula is C42H48F3N2O16P. The summed E-state index contributed by atoms with van der Waals surface area (Å²) in [7, 11) is -2.73. The molecule has 1 fully saturated rings. The van der Waals surface area contributed by atoms with E-state index in [0.29, 0.717) is 16.7 Å². The lowest BCUT2D eigenvalue weighted by Gasteiger charge is -2.48. The predicted octanol–water partition coefficient (Wildman–Crippen LogP) is 4.21. The summed E-state index contributed by atoms with van der Waals surface area (Å²) >= 11 is 0. The highest BCUT2D eigenvalue weighted by Gasteiger charge is 2.61. The molecule has 3 aromatic carbocycles. The number of benzene rings is 3. The average molecular weight is 925 g/mol. The molecule has 3 N–H and O–H groups in total. The molecule has 2 amide bonds. The highest BCUT2D eigenvalue weighted by Crippen LogP contribution is 2.50. The van der Waals surface area contributed by atoms with Crippen molar-refractivity contribution in [3.05, 3.63) is 108 Å². The highest BCUT2D eigenvalue weighted by molar-refractivity contribution is 7.41. The zero-order chi connectivity index (χ0) is 46.9. The van der Waals surface area contributed by atoms with Gasteiger partial charge in [-0.2, -0.15) is 13.2 Å². The fraction of sp³-hybridized carbons (Fsp3) is 0.429. The Kier molecular flexibility index (Phi) is 19.6. The van der Waals surface area contributed by atoms with Gasteiger partial charge >= 0.3 is 44.6 Å². The molecule has 0 bridgehead atoms. The number of alkyl halides is 3. The Balaban J connectivity index is 1.91. The standard InChI is InChI=1S/C42H48F3N2O16P/c1-26(48)55-25-34(60-28(3)50)37(61-29(4)51)38-36(47-35(52)21-46-39(53)42(43,44)45)33(59-27(2)49)20-41(62-38,40(54)56-22-30-14-8-5-9-15-30)63-64(57-23-31-16-10-6-11-17-31)58-24-32-18-12-7-13-19-32/h5-19,26,33-34,36-38,48H,20-25H2,1-4H3,(H,46,53)(H,47,52)/t26?,33?,34-,36-,37-,38?,41-/m1/s1. The number of nitrogens with one attached hydrogen (secondary N) is 2. The zero-order valence-electron chi connectivity index (χ0n) is 35.0. The molecular weight excluding hydrogens is 876 g/mol. The van der Waals surface area contributed by atoms with E-state index in [4.69, 9.17) is 42.0 Å². The van der Waals surface area contributed by atoms with Crippen LogP contribution in [0.15, 0.2) is 91.0 Å². The summed E-state index contributed by atoms with van der Waals surface area (Å²) in [6.07, 6.45) is -15.4. The fourth-order valence-electron chi connectivity index (χ4n) is 6.08. The molecule has 22 heteroatoms. The van der Waals surface area contributed by atoms with E-state index in [1.807, 2.05) is 0 Å². The predicted molar refractivity (Wildman–Crippen MR) is 214 cm³/mol. The number of carbonyl (C=O) groups is 6. The van der Waals surface area contributed by atoms with Crippen molar-refractivity contribution in [3.63, 3.8) is 0 Å². The van der Waals surface area contributed by atoms with Gasteiger partial charge in [0.25, 0.3) is 5.79 Å². The van der Waals surface area contributed by atoms with Crippen LogP contribution in [0.2, 0.25) is 0 Å². The Morgan fingerprint density at radius 2 is 1.31 bits per heavy atom. The molecule has 1 aliphatic heterocycles. The molecule has 0 spiro atoms. The zero-order valence-corrected chi connectivity index (χ0v) is 35.9. The van der Waals surface area contributed by atoms with Crippen molar-refractivity contribution < 1.29 is 89.0 Å². The van der Waals surface area contributed by atoms with Crippen LogP contribution in [-0.2, 0) is 90.6 Å². The lowest BCUT2D eigenvalue weighted by Crippen LogP contribution is -2.69. The third kappa shape index (κ3) is 16.5. The summed E-state index contributed by atoms with van der Waals surface area (Å²) in [5.41, 5.74) is 1.77. The SMILES string of the molecule is CC(=O)OC1C[C@@](OP(OCc2ccccc2)OCc2ccccc2)(C(=O)OCc2ccccc2)OC([C@H](OC(C)=O)[C@@H](COC(C)O)OC(C)=O)[C@@H]1NC(=O)CNC(=O)C(F)(F)F. The average Bonchev–Trinajstić information content (AvgIpc) is 3.24. The molecule has 1 saturated heterocycles. The minimum Gasteiger partial charge on any atom is -0.460 e. The van der Waals surface area contributed by atoms with Crippen LogP contribution in [0.1, 0.15) is 50.8 Å². The number of hydrogen-bond donors (Lipinski definition) is 3. The number of esters is 4. The Bertz CT molecular complexity index is 1960. The number of carbonyl (C=O) groups excluding carboxylic acids is 6. The van der Waals surface area contributed by atoms with Crippen LogP contribution in [0.5, 0.6) is 0 Å². The van der Waals surface area contributed by atoms with Gasteiger partial charge in [0.1, 0.15) is 18.8 Å². The number of aliphatic hydroxyl groups excluding tert-OH is 1. The first kappa shape index (κ1) is 51.1. The summed E-state index contributed by atoms with van der Waals surface area (Å²) in [6.45, 7) is 1.33. The van der Waals surface area contributed by atoms with Crippen molar-refractivity contribution in [1.82, 2.24) is 10.6 Å². The number of ether oxygens (including phenoxy) is 6. The maximum absolute atomic E-state index is 14.8. The van der Waals surface area contributed by atoms with Gasteiger partial charge in [-0.05, 0) is 23.6 Å².